The molecule has 5 heterocycles. The second kappa shape index (κ2) is 8.85. The number of pyridine rings is 1. The molecule has 2 fully saturated rings. The normalized spacial score (nSPS) is 26.6. The van der Waals surface area contributed by atoms with Gasteiger partial charge in [0.15, 0.2) is 5.82 Å². The highest BCUT2D eigenvalue weighted by atomic mass is 16.5. The molecule has 0 radical (unpaired) electrons. The largest absolute Gasteiger partial charge is 0.456 e. The molecule has 2 aromatic rings. The maximum Gasteiger partial charge on any atom is 0.336 e. The van der Waals surface area contributed by atoms with Crippen molar-refractivity contribution in [2.75, 3.05) is 39.9 Å². The monoisotopic (exact) mass is 469 g/mol. The number of carbonyl (C=O) groups excluding carboxylic acids is 2. The molecule has 180 valence electrons. The van der Waals surface area contributed by atoms with Crippen LogP contribution in [-0.2, 0) is 19.1 Å². The molecule has 2 saturated heterocycles. The molecule has 2 aromatic heterocycles. The summed E-state index contributed by atoms with van der Waals surface area (Å²) in [7, 11) is 1.62. The van der Waals surface area contributed by atoms with Gasteiger partial charge in [0.2, 0.25) is 5.91 Å². The number of aliphatic hydroxyl groups is 1. The van der Waals surface area contributed by atoms with Crippen molar-refractivity contribution >= 4 is 11.9 Å². The van der Waals surface area contributed by atoms with Crippen LogP contribution in [0.25, 0.3) is 5.82 Å². The van der Waals surface area contributed by atoms with Crippen molar-refractivity contribution in [3.63, 3.8) is 0 Å². The van der Waals surface area contributed by atoms with Crippen LogP contribution in [0.4, 0.5) is 0 Å². The van der Waals surface area contributed by atoms with Gasteiger partial charge >= 0.3 is 5.97 Å². The van der Waals surface area contributed by atoms with Gasteiger partial charge < -0.3 is 19.5 Å². The van der Waals surface area contributed by atoms with Crippen LogP contribution in [0, 0.1) is 5.41 Å². The number of aromatic nitrogens is 5. The third-order valence-electron chi connectivity index (χ3n) is 7.23. The Kier molecular flexibility index (Phi) is 5.88. The molecule has 1 N–H and O–H groups in total. The molecule has 1 spiro atoms. The molecule has 1 amide bonds. The van der Waals surface area contributed by atoms with Gasteiger partial charge in [0.25, 0.3) is 0 Å². The molecule has 34 heavy (non-hydrogen) atoms. The van der Waals surface area contributed by atoms with E-state index in [1.165, 1.54) is 11.0 Å². The molecule has 0 aromatic carbocycles. The molecule has 0 saturated carbocycles. The van der Waals surface area contributed by atoms with Gasteiger partial charge in [0, 0.05) is 38.5 Å². The minimum atomic E-state index is -0.743. The van der Waals surface area contributed by atoms with E-state index < -0.39 is 11.5 Å². The van der Waals surface area contributed by atoms with Gasteiger partial charge in [-0.15, -0.1) is 5.10 Å². The number of β-amino-alcohol motifs (C(OH)–C–C–N with tert-alkyl or cyclic N) is 1. The van der Waals surface area contributed by atoms with E-state index in [1.807, 2.05) is 0 Å². The summed E-state index contributed by atoms with van der Waals surface area (Å²) in [5.74, 6) is 0.190. The lowest BCUT2D eigenvalue weighted by molar-refractivity contribution is -0.149. The van der Waals surface area contributed by atoms with E-state index in [4.69, 9.17) is 9.47 Å². The van der Waals surface area contributed by atoms with Crippen molar-refractivity contribution < 1.29 is 24.2 Å². The Balaban J connectivity index is 1.25. The zero-order chi connectivity index (χ0) is 23.9. The fraction of sp³-hybridized carbons (Fsp3) is 0.545. The number of hydrogen-bond acceptors (Lipinski definition) is 10. The Morgan fingerprint density at radius 1 is 1.29 bits per heavy atom. The topological polar surface area (TPSA) is 136 Å². The standard InChI is InChI=1S/C22H27N7O5/c1-14-16(12-34-20(14)31)28-8-6-22(21(28)32)5-7-27(11-18(22)33-2)10-17(30)15-3-4-19(23-9-15)29-13-24-25-26-29/h3-4,9,13,17-18,30H,5-8,10-12H2,1-2H3/t17-,18?,22?/m0/s1. The van der Waals surface area contributed by atoms with E-state index in [1.54, 1.807) is 37.3 Å². The predicted molar refractivity (Wildman–Crippen MR) is 116 cm³/mol. The molecule has 5 rings (SSSR count). The van der Waals surface area contributed by atoms with Gasteiger partial charge in [-0.2, -0.15) is 4.68 Å². The number of aliphatic hydroxyl groups excluding tert-OH is 1. The number of nitrogens with zero attached hydrogens (tertiary/aromatic N) is 7. The van der Waals surface area contributed by atoms with Crippen LogP contribution in [0.5, 0.6) is 0 Å². The average Bonchev–Trinajstić information content (AvgIpc) is 3.58. The van der Waals surface area contributed by atoms with Gasteiger partial charge in [-0.1, -0.05) is 6.07 Å². The fourth-order valence-electron chi connectivity index (χ4n) is 5.16. The van der Waals surface area contributed by atoms with Gasteiger partial charge in [-0.25, -0.2) is 9.78 Å². The third kappa shape index (κ3) is 3.77. The van der Waals surface area contributed by atoms with Crippen LogP contribution in [-0.4, -0.2) is 98.0 Å². The first-order chi connectivity index (χ1) is 16.4. The summed E-state index contributed by atoms with van der Waals surface area (Å²) in [5, 5.41) is 21.8. The van der Waals surface area contributed by atoms with Crippen LogP contribution in [0.2, 0.25) is 0 Å². The lowest BCUT2D eigenvalue weighted by Crippen LogP contribution is -2.55. The molecule has 12 nitrogen and oxygen atoms in total. The van der Waals surface area contributed by atoms with Crippen LogP contribution in [0.15, 0.2) is 35.9 Å². The summed E-state index contributed by atoms with van der Waals surface area (Å²) in [5.41, 5.74) is 1.21. The fourth-order valence-corrected chi connectivity index (χ4v) is 5.16. The third-order valence-corrected chi connectivity index (χ3v) is 7.23. The number of carbonyl (C=O) groups is 2. The molecule has 0 bridgehead atoms. The molecular weight excluding hydrogens is 442 g/mol. The van der Waals surface area contributed by atoms with Crippen molar-refractivity contribution in [3.05, 3.63) is 41.5 Å². The summed E-state index contributed by atoms with van der Waals surface area (Å²) in [4.78, 5) is 33.4. The van der Waals surface area contributed by atoms with Gasteiger partial charge in [-0.3, -0.25) is 9.69 Å². The van der Waals surface area contributed by atoms with E-state index in [9.17, 15) is 14.7 Å². The summed E-state index contributed by atoms with van der Waals surface area (Å²) in [6.45, 7) is 3.96. The van der Waals surface area contributed by atoms with Gasteiger partial charge in [0.1, 0.15) is 12.9 Å². The lowest BCUT2D eigenvalue weighted by Gasteiger charge is -2.44. The van der Waals surface area contributed by atoms with Crippen LogP contribution < -0.4 is 0 Å². The number of esters is 1. The van der Waals surface area contributed by atoms with E-state index in [0.717, 1.165) is 0 Å². The van der Waals surface area contributed by atoms with Crippen molar-refractivity contribution in [1.29, 1.82) is 0 Å². The zero-order valence-corrected chi connectivity index (χ0v) is 19.1. The Morgan fingerprint density at radius 3 is 2.76 bits per heavy atom. The SMILES string of the molecule is COC1CN(C[C@H](O)c2ccc(-n3cnnn3)nc2)CCC12CCN(C1=C(C)C(=O)OC1)C2=O. The van der Waals surface area contributed by atoms with Crippen molar-refractivity contribution in [2.24, 2.45) is 5.41 Å². The summed E-state index contributed by atoms with van der Waals surface area (Å²) in [6, 6.07) is 3.55. The number of tetrazole rings is 1. The van der Waals surface area contributed by atoms with E-state index in [-0.39, 0.29) is 24.6 Å². The lowest BCUT2D eigenvalue weighted by atomic mass is 9.74. The first kappa shape index (κ1) is 22.6. The molecule has 3 aliphatic rings. The molecule has 0 aliphatic carbocycles. The highest BCUT2D eigenvalue weighted by Crippen LogP contribution is 2.45. The number of methoxy groups -OCH3 is 1. The zero-order valence-electron chi connectivity index (χ0n) is 19.1. The number of amides is 1. The number of ether oxygens (including phenoxy) is 2. The maximum atomic E-state index is 13.5. The average molecular weight is 470 g/mol. The number of likely N-dealkylation sites (tertiary alicyclic amines) is 2. The highest BCUT2D eigenvalue weighted by molar-refractivity contribution is 5.94. The summed E-state index contributed by atoms with van der Waals surface area (Å²) < 4.78 is 12.4. The van der Waals surface area contributed by atoms with E-state index in [0.29, 0.717) is 61.7 Å². The van der Waals surface area contributed by atoms with Crippen molar-refractivity contribution in [2.45, 2.75) is 32.0 Å². The van der Waals surface area contributed by atoms with Crippen LogP contribution >= 0.6 is 0 Å². The molecule has 2 unspecified atom stereocenters. The number of rotatable bonds is 6. The van der Waals surface area contributed by atoms with E-state index >= 15 is 0 Å². The number of piperidine rings is 1. The molecule has 3 atom stereocenters. The smallest absolute Gasteiger partial charge is 0.336 e. The summed E-state index contributed by atoms with van der Waals surface area (Å²) in [6.07, 6.45) is 3.28. The Bertz CT molecular complexity index is 1100. The van der Waals surface area contributed by atoms with Gasteiger partial charge in [-0.05, 0) is 42.8 Å². The minimum Gasteiger partial charge on any atom is -0.456 e. The van der Waals surface area contributed by atoms with Crippen LogP contribution in [0.1, 0.15) is 31.4 Å². The van der Waals surface area contributed by atoms with Crippen molar-refractivity contribution in [1.82, 2.24) is 35.0 Å². The van der Waals surface area contributed by atoms with Gasteiger partial charge in [0.05, 0.1) is 28.9 Å². The predicted octanol–water partition coefficient (Wildman–Crippen LogP) is -0.139. The number of cyclic esters (lactones) is 1. The maximum absolute atomic E-state index is 13.5. The van der Waals surface area contributed by atoms with Crippen molar-refractivity contribution in [3.8, 4) is 5.82 Å². The first-order valence-electron chi connectivity index (χ1n) is 11.2. The van der Waals surface area contributed by atoms with Crippen LogP contribution in [0.3, 0.4) is 0 Å². The molecule has 3 aliphatic heterocycles. The minimum absolute atomic E-state index is 0.00501. The number of hydrogen-bond donors (Lipinski definition) is 1. The quantitative estimate of drug-likeness (QED) is 0.569. The first-order valence-corrected chi connectivity index (χ1v) is 11.2. The summed E-state index contributed by atoms with van der Waals surface area (Å²) >= 11 is 0. The Hall–Kier alpha value is -3.22. The molecule has 12 heteroatoms. The second-order valence-electron chi connectivity index (χ2n) is 8.96. The highest BCUT2D eigenvalue weighted by Gasteiger charge is 2.55. The Labute approximate surface area is 196 Å². The Morgan fingerprint density at radius 2 is 2.12 bits per heavy atom. The second-order valence-corrected chi connectivity index (χ2v) is 8.96. The van der Waals surface area contributed by atoms with E-state index in [2.05, 4.69) is 25.4 Å². The molecular formula is C22H27N7O5.